The van der Waals surface area contributed by atoms with Crippen LogP contribution >= 0.6 is 0 Å². The molecule has 0 atom stereocenters. The van der Waals surface area contributed by atoms with Gasteiger partial charge in [0.25, 0.3) is 0 Å². The standard InChI is InChI=1S/C76H50N4O2/c1-47-19-9-13-27-63(47)79(69-33-17-31-67-75(69)57-25-11-15-29-65(57)77(67)53-21-5-3-6-22-53)55-37-35-49-41-59-61-45-74-62(46-73(61)81-71(59)43-51(49)39-55)60-42-50-36-38-56(40-52(50)44-72(60)82-74)80(64-28-14-10-20-48(64)2)70-34-18-32-68-76(70)58-26-12-16-30-66(58)78(68)54-23-7-4-8-24-54/h3-46H,1-2H3. The maximum absolute atomic E-state index is 6.87. The van der Waals surface area contributed by atoms with Crippen LogP contribution < -0.4 is 9.80 Å². The maximum Gasteiger partial charge on any atom is 0.136 e. The summed E-state index contributed by atoms with van der Waals surface area (Å²) in [6.07, 6.45) is 0. The Kier molecular flexibility index (Phi) is 10.0. The topological polar surface area (TPSA) is 42.6 Å². The minimum Gasteiger partial charge on any atom is -0.456 e. The van der Waals surface area contributed by atoms with Gasteiger partial charge < -0.3 is 27.8 Å². The molecule has 17 rings (SSSR count). The minimum absolute atomic E-state index is 0.830. The number of para-hydroxylation sites is 6. The third-order valence-corrected chi connectivity index (χ3v) is 17.0. The van der Waals surface area contributed by atoms with Crippen molar-refractivity contribution in [2.75, 3.05) is 9.80 Å². The maximum atomic E-state index is 6.87. The molecule has 0 bridgehead atoms. The molecule has 13 aromatic carbocycles. The van der Waals surface area contributed by atoms with E-state index in [4.69, 9.17) is 8.83 Å². The normalized spacial score (nSPS) is 12.0. The van der Waals surface area contributed by atoms with E-state index in [0.717, 1.165) is 122 Å². The van der Waals surface area contributed by atoms with Crippen LogP contribution in [0.15, 0.2) is 276 Å². The summed E-state index contributed by atoms with van der Waals surface area (Å²) in [5, 5.41) is 13.4. The van der Waals surface area contributed by atoms with Crippen LogP contribution in [0.5, 0.6) is 0 Å². The second kappa shape index (κ2) is 17.8. The molecule has 4 heterocycles. The highest BCUT2D eigenvalue weighted by atomic mass is 16.3. The van der Waals surface area contributed by atoms with Crippen molar-refractivity contribution in [2.45, 2.75) is 13.8 Å². The Labute approximate surface area is 471 Å². The summed E-state index contributed by atoms with van der Waals surface area (Å²) < 4.78 is 18.5. The van der Waals surface area contributed by atoms with Gasteiger partial charge in [-0.05, 0) is 180 Å². The molecular weight excluding hydrogens is 1000 g/mol. The van der Waals surface area contributed by atoms with Crippen molar-refractivity contribution in [1.82, 2.24) is 9.13 Å². The van der Waals surface area contributed by atoms with Gasteiger partial charge in [-0.2, -0.15) is 0 Å². The van der Waals surface area contributed by atoms with E-state index in [-0.39, 0.29) is 0 Å². The second-order valence-corrected chi connectivity index (χ2v) is 21.8. The molecule has 0 amide bonds. The van der Waals surface area contributed by atoms with Crippen LogP contribution in [-0.4, -0.2) is 9.13 Å². The summed E-state index contributed by atoms with van der Waals surface area (Å²) in [7, 11) is 0. The lowest BCUT2D eigenvalue weighted by atomic mass is 10.0. The SMILES string of the molecule is Cc1ccccc1N(c1ccc2cc3c(cc2c1)oc1cc2c(cc13)oc1cc3cc(N(c4ccccc4C)c4cccc5c4c4ccccc4n5-c4ccccc4)ccc3cc12)c1cccc2c1c1ccccc1n2-c1ccccc1. The van der Waals surface area contributed by atoms with Crippen LogP contribution in [0.25, 0.3) is 120 Å². The molecule has 0 saturated carbocycles. The highest BCUT2D eigenvalue weighted by molar-refractivity contribution is 6.21. The fourth-order valence-corrected chi connectivity index (χ4v) is 13.3. The number of anilines is 6. The van der Waals surface area contributed by atoms with Crippen LogP contribution in [0.2, 0.25) is 0 Å². The Balaban J connectivity index is 0.781. The summed E-state index contributed by atoms with van der Waals surface area (Å²) in [5.41, 5.74) is 19.2. The van der Waals surface area contributed by atoms with E-state index in [1.54, 1.807) is 0 Å². The molecule has 0 radical (unpaired) electrons. The molecule has 6 heteroatoms. The summed E-state index contributed by atoms with van der Waals surface area (Å²) in [5.74, 6) is 0. The molecule has 386 valence electrons. The van der Waals surface area contributed by atoms with E-state index in [1.165, 1.54) is 43.7 Å². The van der Waals surface area contributed by atoms with Crippen molar-refractivity contribution in [3.05, 3.63) is 278 Å². The summed E-state index contributed by atoms with van der Waals surface area (Å²) in [6, 6.07) is 96.6. The van der Waals surface area contributed by atoms with E-state index in [1.807, 2.05) is 0 Å². The third kappa shape index (κ3) is 6.95. The summed E-state index contributed by atoms with van der Waals surface area (Å²) in [6.45, 7) is 4.39. The van der Waals surface area contributed by atoms with Crippen molar-refractivity contribution in [3.8, 4) is 11.4 Å². The van der Waals surface area contributed by atoms with Crippen LogP contribution in [0.3, 0.4) is 0 Å². The number of benzene rings is 13. The Hall–Kier alpha value is -10.8. The van der Waals surface area contributed by atoms with Gasteiger partial charge >= 0.3 is 0 Å². The zero-order valence-electron chi connectivity index (χ0n) is 45.0. The van der Waals surface area contributed by atoms with Gasteiger partial charge in [0.2, 0.25) is 0 Å². The van der Waals surface area contributed by atoms with Gasteiger partial charge in [0, 0.05) is 77.2 Å². The second-order valence-electron chi connectivity index (χ2n) is 21.8. The molecule has 0 spiro atoms. The lowest BCUT2D eigenvalue weighted by Gasteiger charge is -2.28. The predicted molar refractivity (Wildman–Crippen MR) is 344 cm³/mol. The number of hydrogen-bond donors (Lipinski definition) is 0. The van der Waals surface area contributed by atoms with Crippen molar-refractivity contribution >= 4 is 143 Å². The first-order valence-corrected chi connectivity index (χ1v) is 28.1. The smallest absolute Gasteiger partial charge is 0.136 e. The molecule has 17 aromatic rings. The Morgan fingerprint density at radius 2 is 0.634 bits per heavy atom. The molecule has 6 nitrogen and oxygen atoms in total. The van der Waals surface area contributed by atoms with Gasteiger partial charge in [-0.25, -0.2) is 0 Å². The lowest BCUT2D eigenvalue weighted by molar-refractivity contribution is 0.664. The molecule has 0 aliphatic heterocycles. The van der Waals surface area contributed by atoms with Crippen LogP contribution in [0.4, 0.5) is 34.1 Å². The van der Waals surface area contributed by atoms with Crippen molar-refractivity contribution < 1.29 is 8.83 Å². The number of nitrogens with zero attached hydrogens (tertiary/aromatic N) is 4. The first kappa shape index (κ1) is 46.1. The highest BCUT2D eigenvalue weighted by Crippen LogP contribution is 2.49. The molecular formula is C76H50N4O2. The Morgan fingerprint density at radius 1 is 0.268 bits per heavy atom. The zero-order chi connectivity index (χ0) is 54.2. The van der Waals surface area contributed by atoms with Gasteiger partial charge in [0.1, 0.15) is 22.3 Å². The molecule has 0 aliphatic rings. The zero-order valence-corrected chi connectivity index (χ0v) is 45.0. The summed E-state index contributed by atoms with van der Waals surface area (Å²) in [4.78, 5) is 4.86. The van der Waals surface area contributed by atoms with Crippen molar-refractivity contribution in [2.24, 2.45) is 0 Å². The quantitative estimate of drug-likeness (QED) is 0.152. The van der Waals surface area contributed by atoms with E-state index < -0.39 is 0 Å². The molecule has 0 fully saturated rings. The van der Waals surface area contributed by atoms with Gasteiger partial charge in [0.15, 0.2) is 0 Å². The predicted octanol–water partition coefficient (Wildman–Crippen LogP) is 21.5. The molecule has 0 aliphatic carbocycles. The van der Waals surface area contributed by atoms with Crippen LogP contribution in [-0.2, 0) is 0 Å². The number of rotatable bonds is 8. The fraction of sp³-hybridized carbons (Fsp3) is 0.0263. The van der Waals surface area contributed by atoms with Crippen molar-refractivity contribution in [3.63, 3.8) is 0 Å². The molecule has 4 aromatic heterocycles. The lowest BCUT2D eigenvalue weighted by Crippen LogP contribution is -2.11. The Bertz CT molecular complexity index is 5110. The number of fused-ring (bicyclic) bond motifs is 14. The molecule has 0 N–H and O–H groups in total. The largest absolute Gasteiger partial charge is 0.456 e. The molecule has 0 saturated heterocycles. The number of aromatic nitrogens is 2. The van der Waals surface area contributed by atoms with Gasteiger partial charge in [-0.15, -0.1) is 0 Å². The van der Waals surface area contributed by atoms with Gasteiger partial charge in [0.05, 0.1) is 33.4 Å². The molecule has 82 heavy (non-hydrogen) atoms. The first-order valence-electron chi connectivity index (χ1n) is 28.1. The van der Waals surface area contributed by atoms with E-state index >= 15 is 0 Å². The average Bonchev–Trinajstić information content (AvgIpc) is 4.20. The van der Waals surface area contributed by atoms with E-state index in [9.17, 15) is 0 Å². The third-order valence-electron chi connectivity index (χ3n) is 17.0. The van der Waals surface area contributed by atoms with Gasteiger partial charge in [-0.3, -0.25) is 0 Å². The fourth-order valence-electron chi connectivity index (χ4n) is 13.3. The number of furan rings is 2. The average molecular weight is 1050 g/mol. The molecule has 0 unspecified atom stereocenters. The highest BCUT2D eigenvalue weighted by Gasteiger charge is 2.25. The number of hydrogen-bond acceptors (Lipinski definition) is 4. The monoisotopic (exact) mass is 1050 g/mol. The van der Waals surface area contributed by atoms with E-state index in [0.29, 0.717) is 0 Å². The Morgan fingerprint density at radius 3 is 1.09 bits per heavy atom. The first-order chi connectivity index (χ1) is 40.5. The number of aryl methyl sites for hydroxylation is 2. The minimum atomic E-state index is 0.830. The summed E-state index contributed by atoms with van der Waals surface area (Å²) >= 11 is 0. The van der Waals surface area contributed by atoms with Crippen molar-refractivity contribution in [1.29, 1.82) is 0 Å². The van der Waals surface area contributed by atoms with E-state index in [2.05, 4.69) is 300 Å². The van der Waals surface area contributed by atoms with Crippen LogP contribution in [0.1, 0.15) is 11.1 Å². The van der Waals surface area contributed by atoms with Crippen LogP contribution in [0, 0.1) is 13.8 Å². The van der Waals surface area contributed by atoms with Gasteiger partial charge in [-0.1, -0.05) is 133 Å².